The van der Waals surface area contributed by atoms with Gasteiger partial charge in [-0.2, -0.15) is 0 Å². The van der Waals surface area contributed by atoms with E-state index < -0.39 is 0 Å². The molecule has 0 heterocycles. The maximum absolute atomic E-state index is 6.03. The fraction of sp³-hybridized carbons (Fsp3) is 1.00. The molecule has 16 heavy (non-hydrogen) atoms. The van der Waals surface area contributed by atoms with Crippen molar-refractivity contribution in [2.75, 3.05) is 26.7 Å². The van der Waals surface area contributed by atoms with Gasteiger partial charge >= 0.3 is 0 Å². The zero-order valence-electron chi connectivity index (χ0n) is 11.2. The van der Waals surface area contributed by atoms with Crippen LogP contribution in [0.1, 0.15) is 46.0 Å². The third kappa shape index (κ3) is 3.19. The number of methoxy groups -OCH3 is 1. The molecule has 0 aromatic rings. The molecule has 0 radical (unpaired) electrons. The summed E-state index contributed by atoms with van der Waals surface area (Å²) in [5.74, 6) is 0. The molecule has 1 saturated carbocycles. The Hall–Kier alpha value is -0.120. The number of rotatable bonds is 7. The Morgan fingerprint density at radius 1 is 1.38 bits per heavy atom. The highest BCUT2D eigenvalue weighted by atomic mass is 16.5. The first-order chi connectivity index (χ1) is 7.68. The summed E-state index contributed by atoms with van der Waals surface area (Å²) in [7, 11) is 1.79. The molecule has 3 heteroatoms. The predicted octanol–water partition coefficient (Wildman–Crippen LogP) is 2.00. The van der Waals surface area contributed by atoms with Crippen molar-refractivity contribution in [1.82, 2.24) is 4.90 Å². The highest BCUT2D eigenvalue weighted by molar-refractivity contribution is 4.96. The topological polar surface area (TPSA) is 38.5 Å². The molecule has 0 aromatic carbocycles. The first kappa shape index (κ1) is 13.9. The Balaban J connectivity index is 2.65. The molecule has 0 spiro atoms. The van der Waals surface area contributed by atoms with Gasteiger partial charge in [0, 0.05) is 25.7 Å². The van der Waals surface area contributed by atoms with Crippen molar-refractivity contribution in [3.63, 3.8) is 0 Å². The summed E-state index contributed by atoms with van der Waals surface area (Å²) in [6.45, 7) is 7.33. The average molecular weight is 228 g/mol. The zero-order chi connectivity index (χ0) is 12.0. The van der Waals surface area contributed by atoms with Crippen LogP contribution >= 0.6 is 0 Å². The lowest BCUT2D eigenvalue weighted by atomic mass is 9.94. The first-order valence-electron chi connectivity index (χ1n) is 6.66. The Labute approximate surface area is 100 Å². The van der Waals surface area contributed by atoms with E-state index in [4.69, 9.17) is 10.5 Å². The highest BCUT2D eigenvalue weighted by Crippen LogP contribution is 2.34. The smallest absolute Gasteiger partial charge is 0.0670 e. The Morgan fingerprint density at radius 3 is 2.44 bits per heavy atom. The number of ether oxygens (including phenoxy) is 1. The highest BCUT2D eigenvalue weighted by Gasteiger charge is 2.38. The maximum Gasteiger partial charge on any atom is 0.0670 e. The van der Waals surface area contributed by atoms with Crippen molar-refractivity contribution in [3.05, 3.63) is 0 Å². The van der Waals surface area contributed by atoms with E-state index in [2.05, 4.69) is 18.7 Å². The van der Waals surface area contributed by atoms with Crippen molar-refractivity contribution >= 4 is 0 Å². The molecule has 1 atom stereocenters. The van der Waals surface area contributed by atoms with E-state index in [1.54, 1.807) is 7.11 Å². The van der Waals surface area contributed by atoms with Crippen LogP contribution in [0.5, 0.6) is 0 Å². The van der Waals surface area contributed by atoms with Crippen LogP contribution in [-0.2, 0) is 4.74 Å². The summed E-state index contributed by atoms with van der Waals surface area (Å²) in [5.41, 5.74) is 6.30. The summed E-state index contributed by atoms with van der Waals surface area (Å²) in [5, 5.41) is 0. The molecule has 0 aliphatic heterocycles. The van der Waals surface area contributed by atoms with Crippen molar-refractivity contribution in [2.45, 2.75) is 57.6 Å². The quantitative estimate of drug-likeness (QED) is 0.724. The number of hydrogen-bond donors (Lipinski definition) is 1. The lowest BCUT2D eigenvalue weighted by molar-refractivity contribution is 0.0243. The minimum atomic E-state index is 0.267. The average Bonchev–Trinajstić information content (AvgIpc) is 2.78. The Morgan fingerprint density at radius 2 is 2.00 bits per heavy atom. The van der Waals surface area contributed by atoms with E-state index in [0.717, 1.165) is 19.6 Å². The van der Waals surface area contributed by atoms with Gasteiger partial charge in [0.05, 0.1) is 6.10 Å². The second-order valence-corrected chi connectivity index (χ2v) is 5.13. The van der Waals surface area contributed by atoms with Crippen molar-refractivity contribution in [1.29, 1.82) is 0 Å². The van der Waals surface area contributed by atoms with Crippen molar-refractivity contribution in [3.8, 4) is 0 Å². The summed E-state index contributed by atoms with van der Waals surface area (Å²) < 4.78 is 5.39. The Bertz CT molecular complexity index is 190. The minimum Gasteiger partial charge on any atom is -0.380 e. The third-order valence-electron chi connectivity index (χ3n) is 3.96. The molecule has 0 bridgehead atoms. The molecule has 1 fully saturated rings. The van der Waals surface area contributed by atoms with Gasteiger partial charge in [-0.1, -0.05) is 19.8 Å². The van der Waals surface area contributed by atoms with Gasteiger partial charge in [-0.25, -0.2) is 0 Å². The fourth-order valence-electron chi connectivity index (χ4n) is 2.86. The molecular weight excluding hydrogens is 200 g/mol. The second kappa shape index (κ2) is 6.58. The summed E-state index contributed by atoms with van der Waals surface area (Å²) in [6.07, 6.45) is 6.69. The lowest BCUT2D eigenvalue weighted by Crippen LogP contribution is -2.54. The van der Waals surface area contributed by atoms with E-state index in [0.29, 0.717) is 6.10 Å². The van der Waals surface area contributed by atoms with Gasteiger partial charge in [0.2, 0.25) is 0 Å². The molecular formula is C13H28N2O. The van der Waals surface area contributed by atoms with Gasteiger partial charge in [0.25, 0.3) is 0 Å². The first-order valence-corrected chi connectivity index (χ1v) is 6.66. The monoisotopic (exact) mass is 228 g/mol. The summed E-state index contributed by atoms with van der Waals surface area (Å²) in [4.78, 5) is 2.58. The number of nitrogens with zero attached hydrogens (tertiary/aromatic N) is 1. The third-order valence-corrected chi connectivity index (χ3v) is 3.96. The molecule has 1 unspecified atom stereocenters. The molecule has 1 rings (SSSR count). The van der Waals surface area contributed by atoms with Crippen molar-refractivity contribution < 1.29 is 4.74 Å². The van der Waals surface area contributed by atoms with Gasteiger partial charge in [0.15, 0.2) is 0 Å². The predicted molar refractivity (Wildman–Crippen MR) is 68.6 cm³/mol. The molecule has 3 nitrogen and oxygen atoms in total. The molecule has 1 aliphatic carbocycles. The number of hydrogen-bond acceptors (Lipinski definition) is 3. The van der Waals surface area contributed by atoms with Crippen LogP contribution in [0, 0.1) is 0 Å². The fourth-order valence-corrected chi connectivity index (χ4v) is 2.86. The van der Waals surface area contributed by atoms with Gasteiger partial charge in [0.1, 0.15) is 0 Å². The summed E-state index contributed by atoms with van der Waals surface area (Å²) in [6, 6.07) is 0. The van der Waals surface area contributed by atoms with Crippen LogP contribution in [0.3, 0.4) is 0 Å². The molecule has 0 amide bonds. The van der Waals surface area contributed by atoms with Gasteiger partial charge in [-0.3, -0.25) is 4.90 Å². The van der Waals surface area contributed by atoms with Crippen molar-refractivity contribution in [2.24, 2.45) is 5.73 Å². The zero-order valence-corrected chi connectivity index (χ0v) is 11.2. The standard InChI is InChI=1S/C13H28N2O/c1-4-9-15(10-12(2)16-3)13(11-14)7-5-6-8-13/h12H,4-11,14H2,1-3H3. The van der Waals surface area contributed by atoms with Crippen LogP contribution in [0.2, 0.25) is 0 Å². The maximum atomic E-state index is 6.03. The van der Waals surface area contributed by atoms with E-state index >= 15 is 0 Å². The van der Waals surface area contributed by atoms with E-state index in [9.17, 15) is 0 Å². The van der Waals surface area contributed by atoms with Gasteiger partial charge < -0.3 is 10.5 Å². The van der Waals surface area contributed by atoms with Crippen LogP contribution in [0.4, 0.5) is 0 Å². The second-order valence-electron chi connectivity index (χ2n) is 5.13. The lowest BCUT2D eigenvalue weighted by Gasteiger charge is -2.41. The van der Waals surface area contributed by atoms with E-state index in [1.807, 2.05) is 0 Å². The van der Waals surface area contributed by atoms with Gasteiger partial charge in [-0.15, -0.1) is 0 Å². The number of nitrogens with two attached hydrogens (primary N) is 1. The van der Waals surface area contributed by atoms with Crippen LogP contribution in [0.15, 0.2) is 0 Å². The largest absolute Gasteiger partial charge is 0.380 e. The minimum absolute atomic E-state index is 0.267. The van der Waals surface area contributed by atoms with Crippen LogP contribution in [0.25, 0.3) is 0 Å². The SMILES string of the molecule is CCCN(CC(C)OC)C1(CN)CCCC1. The van der Waals surface area contributed by atoms with Crippen LogP contribution < -0.4 is 5.73 Å². The summed E-state index contributed by atoms with van der Waals surface area (Å²) >= 11 is 0. The Kier molecular flexibility index (Phi) is 5.73. The van der Waals surface area contributed by atoms with Crippen LogP contribution in [-0.4, -0.2) is 43.3 Å². The molecule has 2 N–H and O–H groups in total. The van der Waals surface area contributed by atoms with Gasteiger partial charge in [-0.05, 0) is 32.7 Å². The molecule has 1 aliphatic rings. The van der Waals surface area contributed by atoms with E-state index in [1.165, 1.54) is 32.1 Å². The normalized spacial score (nSPS) is 21.6. The molecule has 0 saturated heterocycles. The molecule has 96 valence electrons. The molecule has 0 aromatic heterocycles. The van der Waals surface area contributed by atoms with E-state index in [-0.39, 0.29) is 5.54 Å².